The fraction of sp³-hybridized carbons (Fsp3) is 0.231. The van der Waals surface area contributed by atoms with Crippen LogP contribution in [0.15, 0.2) is 71.1 Å². The van der Waals surface area contributed by atoms with Gasteiger partial charge in [0.15, 0.2) is 12.2 Å². The van der Waals surface area contributed by atoms with Gasteiger partial charge < -0.3 is 14.5 Å². The Morgan fingerprint density at radius 3 is 2.58 bits per heavy atom. The Labute approximate surface area is 182 Å². The molecule has 0 bridgehead atoms. The molecule has 5 nitrogen and oxygen atoms in total. The van der Waals surface area contributed by atoms with Gasteiger partial charge in [0.2, 0.25) is 5.89 Å². The second-order valence-electron chi connectivity index (χ2n) is 7.68. The number of nitrogens with one attached hydrogen (secondary N) is 1. The average molecular weight is 415 g/mol. The number of rotatable bonds is 7. The molecule has 0 radical (unpaired) electrons. The Bertz CT molecular complexity index is 1160. The number of para-hydroxylation sites is 2. The first-order valence-corrected chi connectivity index (χ1v) is 10.5. The van der Waals surface area contributed by atoms with Gasteiger partial charge in [0.25, 0.3) is 5.91 Å². The van der Waals surface area contributed by atoms with E-state index in [1.54, 1.807) is 0 Å². The van der Waals surface area contributed by atoms with E-state index in [-0.39, 0.29) is 12.5 Å². The molecule has 31 heavy (non-hydrogen) atoms. The van der Waals surface area contributed by atoms with Crippen LogP contribution in [0.1, 0.15) is 37.3 Å². The number of oxazole rings is 1. The first-order chi connectivity index (χ1) is 15.0. The van der Waals surface area contributed by atoms with Crippen molar-refractivity contribution in [3.8, 4) is 17.2 Å². The normalized spacial score (nSPS) is 12.0. The SMILES string of the molecule is CC[C@@H](C)c1ccc(OCC(=O)Nc2cccc(-c3nc4ccccc4o3)c2C)cc1. The second kappa shape index (κ2) is 9.04. The van der Waals surface area contributed by atoms with Crippen molar-refractivity contribution in [3.63, 3.8) is 0 Å². The number of nitrogens with zero attached hydrogens (tertiary/aromatic N) is 1. The van der Waals surface area contributed by atoms with Crippen molar-refractivity contribution in [2.24, 2.45) is 0 Å². The number of benzene rings is 3. The van der Waals surface area contributed by atoms with Crippen molar-refractivity contribution in [3.05, 3.63) is 77.9 Å². The minimum absolute atomic E-state index is 0.0603. The van der Waals surface area contributed by atoms with Crippen LogP contribution in [0.2, 0.25) is 0 Å². The summed E-state index contributed by atoms with van der Waals surface area (Å²) in [5.41, 5.74) is 5.25. The Hall–Kier alpha value is -3.60. The zero-order valence-corrected chi connectivity index (χ0v) is 18.0. The molecule has 0 saturated heterocycles. The van der Waals surface area contributed by atoms with Gasteiger partial charge in [-0.1, -0.05) is 44.2 Å². The molecule has 0 spiro atoms. The standard InChI is InChI=1S/C26H26N2O3/c1-4-17(2)19-12-14-20(15-13-19)30-16-25(29)27-22-10-7-8-21(18(22)3)26-28-23-9-5-6-11-24(23)31-26/h5-15,17H,4,16H2,1-3H3,(H,27,29)/t17-/m1/s1. The molecule has 1 atom stereocenters. The van der Waals surface area contributed by atoms with Crippen LogP contribution in [0.3, 0.4) is 0 Å². The molecule has 0 aliphatic heterocycles. The van der Waals surface area contributed by atoms with E-state index in [4.69, 9.17) is 9.15 Å². The van der Waals surface area contributed by atoms with Gasteiger partial charge >= 0.3 is 0 Å². The number of carbonyl (C=O) groups is 1. The van der Waals surface area contributed by atoms with Crippen LogP contribution >= 0.6 is 0 Å². The van der Waals surface area contributed by atoms with Crippen molar-refractivity contribution in [1.82, 2.24) is 4.98 Å². The lowest BCUT2D eigenvalue weighted by molar-refractivity contribution is -0.118. The molecule has 1 aromatic heterocycles. The fourth-order valence-electron chi connectivity index (χ4n) is 3.45. The van der Waals surface area contributed by atoms with Gasteiger partial charge in [0.1, 0.15) is 11.3 Å². The monoisotopic (exact) mass is 414 g/mol. The molecule has 4 aromatic rings. The summed E-state index contributed by atoms with van der Waals surface area (Å²) in [5.74, 6) is 1.50. The summed E-state index contributed by atoms with van der Waals surface area (Å²) < 4.78 is 11.5. The van der Waals surface area contributed by atoms with E-state index in [2.05, 4.69) is 36.3 Å². The van der Waals surface area contributed by atoms with Gasteiger partial charge in [-0.25, -0.2) is 4.98 Å². The Balaban J connectivity index is 1.43. The van der Waals surface area contributed by atoms with Crippen molar-refractivity contribution in [2.45, 2.75) is 33.1 Å². The Kier molecular flexibility index (Phi) is 6.03. The molecular formula is C26H26N2O3. The fourth-order valence-corrected chi connectivity index (χ4v) is 3.45. The first kappa shape index (κ1) is 20.7. The van der Waals surface area contributed by atoms with Crippen LogP contribution in [-0.4, -0.2) is 17.5 Å². The van der Waals surface area contributed by atoms with E-state index in [1.165, 1.54) is 5.56 Å². The summed E-state index contributed by atoms with van der Waals surface area (Å²) in [6, 6.07) is 21.2. The van der Waals surface area contributed by atoms with Gasteiger partial charge in [-0.3, -0.25) is 4.79 Å². The number of aromatic nitrogens is 1. The van der Waals surface area contributed by atoms with Crippen molar-refractivity contribution in [2.75, 3.05) is 11.9 Å². The molecule has 4 rings (SSSR count). The van der Waals surface area contributed by atoms with Gasteiger partial charge in [0.05, 0.1) is 0 Å². The van der Waals surface area contributed by atoms with Gasteiger partial charge in [-0.05, 0) is 66.8 Å². The predicted molar refractivity (Wildman–Crippen MR) is 123 cm³/mol. The maximum atomic E-state index is 12.5. The van der Waals surface area contributed by atoms with E-state index in [0.717, 1.165) is 28.6 Å². The summed E-state index contributed by atoms with van der Waals surface area (Å²) >= 11 is 0. The summed E-state index contributed by atoms with van der Waals surface area (Å²) in [4.78, 5) is 17.0. The number of hydrogen-bond donors (Lipinski definition) is 1. The molecule has 0 saturated carbocycles. The topological polar surface area (TPSA) is 64.4 Å². The van der Waals surface area contributed by atoms with E-state index in [9.17, 15) is 4.79 Å². The van der Waals surface area contributed by atoms with Crippen molar-refractivity contribution in [1.29, 1.82) is 0 Å². The van der Waals surface area contributed by atoms with Crippen LogP contribution in [0, 0.1) is 6.92 Å². The largest absolute Gasteiger partial charge is 0.484 e. The second-order valence-corrected chi connectivity index (χ2v) is 7.68. The summed E-state index contributed by atoms with van der Waals surface area (Å²) in [5, 5.41) is 2.93. The lowest BCUT2D eigenvalue weighted by Gasteiger charge is -2.12. The third-order valence-electron chi connectivity index (χ3n) is 5.56. The Morgan fingerprint density at radius 2 is 1.84 bits per heavy atom. The molecule has 158 valence electrons. The molecule has 3 aromatic carbocycles. The highest BCUT2D eigenvalue weighted by molar-refractivity contribution is 5.93. The van der Waals surface area contributed by atoms with E-state index in [0.29, 0.717) is 23.2 Å². The molecule has 0 aliphatic rings. The van der Waals surface area contributed by atoms with Crippen LogP contribution in [0.5, 0.6) is 5.75 Å². The molecule has 1 amide bonds. The number of ether oxygens (including phenoxy) is 1. The van der Waals surface area contributed by atoms with Crippen molar-refractivity contribution < 1.29 is 13.9 Å². The first-order valence-electron chi connectivity index (χ1n) is 10.5. The third-order valence-corrected chi connectivity index (χ3v) is 5.56. The molecule has 5 heteroatoms. The highest BCUT2D eigenvalue weighted by Crippen LogP contribution is 2.30. The van der Waals surface area contributed by atoms with Crippen LogP contribution in [0.25, 0.3) is 22.6 Å². The molecule has 0 fully saturated rings. The number of amides is 1. The van der Waals surface area contributed by atoms with E-state index in [1.807, 2.05) is 61.5 Å². The highest BCUT2D eigenvalue weighted by atomic mass is 16.5. The molecule has 0 aliphatic carbocycles. The predicted octanol–water partition coefficient (Wildman–Crippen LogP) is 6.33. The molecular weight excluding hydrogens is 388 g/mol. The summed E-state index contributed by atoms with van der Waals surface area (Å²) in [6.45, 7) is 6.24. The minimum atomic E-state index is -0.219. The summed E-state index contributed by atoms with van der Waals surface area (Å²) in [7, 11) is 0. The number of hydrogen-bond acceptors (Lipinski definition) is 4. The zero-order valence-electron chi connectivity index (χ0n) is 18.0. The summed E-state index contributed by atoms with van der Waals surface area (Å²) in [6.07, 6.45) is 1.09. The van der Waals surface area contributed by atoms with Crippen LogP contribution in [-0.2, 0) is 4.79 Å². The number of carbonyl (C=O) groups excluding carboxylic acids is 1. The lowest BCUT2D eigenvalue weighted by atomic mass is 9.99. The maximum Gasteiger partial charge on any atom is 0.262 e. The van der Waals surface area contributed by atoms with Gasteiger partial charge in [0, 0.05) is 11.3 Å². The third kappa shape index (κ3) is 4.61. The van der Waals surface area contributed by atoms with Gasteiger partial charge in [-0.15, -0.1) is 0 Å². The molecule has 1 heterocycles. The zero-order chi connectivity index (χ0) is 21.8. The quantitative estimate of drug-likeness (QED) is 0.383. The van der Waals surface area contributed by atoms with E-state index < -0.39 is 0 Å². The minimum Gasteiger partial charge on any atom is -0.484 e. The molecule has 0 unspecified atom stereocenters. The smallest absolute Gasteiger partial charge is 0.262 e. The molecule has 1 N–H and O–H groups in total. The average Bonchev–Trinajstić information content (AvgIpc) is 3.23. The number of anilines is 1. The van der Waals surface area contributed by atoms with Crippen molar-refractivity contribution >= 4 is 22.7 Å². The number of fused-ring (bicyclic) bond motifs is 1. The van der Waals surface area contributed by atoms with Crippen LogP contribution < -0.4 is 10.1 Å². The van der Waals surface area contributed by atoms with Crippen LogP contribution in [0.4, 0.5) is 5.69 Å². The Morgan fingerprint density at radius 1 is 1.06 bits per heavy atom. The van der Waals surface area contributed by atoms with E-state index >= 15 is 0 Å². The van der Waals surface area contributed by atoms with Gasteiger partial charge in [-0.2, -0.15) is 0 Å². The maximum absolute atomic E-state index is 12.5. The lowest BCUT2D eigenvalue weighted by Crippen LogP contribution is -2.20. The highest BCUT2D eigenvalue weighted by Gasteiger charge is 2.14.